The molecule has 146 valence electrons. The SMILES string of the molecule is CCNC(=NCc1cc(Cl)c(Cl)n1C)NCCc1cccc(C(=O)NC)c1. The molecule has 0 aliphatic carbocycles. The summed E-state index contributed by atoms with van der Waals surface area (Å²) in [5.74, 6) is 0.632. The highest BCUT2D eigenvalue weighted by Gasteiger charge is 2.09. The maximum Gasteiger partial charge on any atom is 0.251 e. The Balaban J connectivity index is 1.96. The van der Waals surface area contributed by atoms with E-state index in [0.717, 1.165) is 24.2 Å². The van der Waals surface area contributed by atoms with Crippen LogP contribution in [0.5, 0.6) is 0 Å². The number of guanidine groups is 1. The lowest BCUT2D eigenvalue weighted by molar-refractivity contribution is 0.0963. The van der Waals surface area contributed by atoms with Crippen molar-refractivity contribution in [1.82, 2.24) is 20.5 Å². The molecule has 8 heteroatoms. The summed E-state index contributed by atoms with van der Waals surface area (Å²) in [6.45, 7) is 3.93. The molecule has 1 heterocycles. The number of nitrogens with one attached hydrogen (secondary N) is 3. The Morgan fingerprint density at radius 2 is 2.00 bits per heavy atom. The fraction of sp³-hybridized carbons (Fsp3) is 0.368. The van der Waals surface area contributed by atoms with Gasteiger partial charge in [-0.2, -0.15) is 0 Å². The molecule has 2 rings (SSSR count). The third-order valence-corrected chi connectivity index (χ3v) is 4.92. The van der Waals surface area contributed by atoms with Crippen LogP contribution in [0.1, 0.15) is 28.5 Å². The van der Waals surface area contributed by atoms with E-state index in [1.165, 1.54) is 0 Å². The molecular weight excluding hydrogens is 385 g/mol. The molecule has 1 aromatic carbocycles. The largest absolute Gasteiger partial charge is 0.357 e. The van der Waals surface area contributed by atoms with Gasteiger partial charge in [0.2, 0.25) is 0 Å². The number of benzene rings is 1. The van der Waals surface area contributed by atoms with Gasteiger partial charge in [-0.05, 0) is 37.1 Å². The molecular formula is C19H25Cl2N5O. The number of rotatable bonds is 7. The van der Waals surface area contributed by atoms with E-state index in [0.29, 0.717) is 34.8 Å². The van der Waals surface area contributed by atoms with Crippen LogP contribution >= 0.6 is 23.2 Å². The molecule has 0 fully saturated rings. The lowest BCUT2D eigenvalue weighted by Crippen LogP contribution is -2.38. The van der Waals surface area contributed by atoms with E-state index in [9.17, 15) is 4.79 Å². The second-order valence-electron chi connectivity index (χ2n) is 5.98. The Bertz CT molecular complexity index is 816. The summed E-state index contributed by atoms with van der Waals surface area (Å²) in [6.07, 6.45) is 0.775. The second kappa shape index (κ2) is 10.2. The summed E-state index contributed by atoms with van der Waals surface area (Å²) in [6, 6.07) is 9.42. The Morgan fingerprint density at radius 1 is 1.22 bits per heavy atom. The van der Waals surface area contributed by atoms with Crippen LogP contribution in [0, 0.1) is 0 Å². The number of carbonyl (C=O) groups excluding carboxylic acids is 1. The van der Waals surface area contributed by atoms with E-state index >= 15 is 0 Å². The summed E-state index contributed by atoms with van der Waals surface area (Å²) in [7, 11) is 3.49. The molecule has 0 aliphatic rings. The van der Waals surface area contributed by atoms with Gasteiger partial charge < -0.3 is 20.5 Å². The Morgan fingerprint density at radius 3 is 2.63 bits per heavy atom. The van der Waals surface area contributed by atoms with E-state index in [1.54, 1.807) is 13.1 Å². The highest BCUT2D eigenvalue weighted by Crippen LogP contribution is 2.25. The van der Waals surface area contributed by atoms with Crippen LogP contribution in [0.2, 0.25) is 10.2 Å². The summed E-state index contributed by atoms with van der Waals surface area (Å²) < 4.78 is 1.82. The van der Waals surface area contributed by atoms with Crippen LogP contribution in [-0.2, 0) is 20.0 Å². The predicted molar refractivity (Wildman–Crippen MR) is 112 cm³/mol. The maximum atomic E-state index is 11.7. The average Bonchev–Trinajstić information content (AvgIpc) is 2.92. The van der Waals surface area contributed by atoms with Gasteiger partial charge in [-0.1, -0.05) is 35.3 Å². The van der Waals surface area contributed by atoms with E-state index in [4.69, 9.17) is 23.2 Å². The summed E-state index contributed by atoms with van der Waals surface area (Å²) in [4.78, 5) is 16.3. The van der Waals surface area contributed by atoms with Gasteiger partial charge in [0.1, 0.15) is 5.15 Å². The van der Waals surface area contributed by atoms with Crippen molar-refractivity contribution in [3.63, 3.8) is 0 Å². The van der Waals surface area contributed by atoms with Crippen LogP contribution in [0.15, 0.2) is 35.3 Å². The van der Waals surface area contributed by atoms with Crippen molar-refractivity contribution < 1.29 is 4.79 Å². The van der Waals surface area contributed by atoms with Crippen molar-refractivity contribution in [1.29, 1.82) is 0 Å². The van der Waals surface area contributed by atoms with E-state index in [1.807, 2.05) is 42.8 Å². The van der Waals surface area contributed by atoms with E-state index < -0.39 is 0 Å². The van der Waals surface area contributed by atoms with Gasteiger partial charge in [-0.15, -0.1) is 0 Å². The molecule has 27 heavy (non-hydrogen) atoms. The molecule has 1 amide bonds. The molecule has 6 nitrogen and oxygen atoms in total. The summed E-state index contributed by atoms with van der Waals surface area (Å²) in [5, 5.41) is 10.2. The molecule has 2 aromatic rings. The number of hydrogen-bond acceptors (Lipinski definition) is 2. The standard InChI is InChI=1S/C19H25Cl2N5O/c1-4-23-19(25-12-15-11-16(20)17(21)26(15)3)24-9-8-13-6-5-7-14(10-13)18(27)22-2/h5-7,10-11H,4,8-9,12H2,1-3H3,(H,22,27)(H2,23,24,25). The first-order valence-electron chi connectivity index (χ1n) is 8.79. The van der Waals surface area contributed by atoms with Gasteiger partial charge in [0.25, 0.3) is 5.91 Å². The van der Waals surface area contributed by atoms with Crippen LogP contribution in [0.3, 0.4) is 0 Å². The number of amides is 1. The van der Waals surface area contributed by atoms with Crippen molar-refractivity contribution in [3.05, 3.63) is 57.3 Å². The third kappa shape index (κ3) is 5.91. The highest BCUT2D eigenvalue weighted by atomic mass is 35.5. The van der Waals surface area contributed by atoms with Crippen molar-refractivity contribution in [3.8, 4) is 0 Å². The zero-order chi connectivity index (χ0) is 19.8. The van der Waals surface area contributed by atoms with Crippen molar-refractivity contribution in [2.24, 2.45) is 12.0 Å². The van der Waals surface area contributed by atoms with E-state index in [-0.39, 0.29) is 5.91 Å². The molecule has 3 N–H and O–H groups in total. The molecule has 0 saturated heterocycles. The number of aliphatic imine (C=N–C) groups is 1. The van der Waals surface area contributed by atoms with Crippen LogP contribution in [-0.4, -0.2) is 36.6 Å². The van der Waals surface area contributed by atoms with Gasteiger partial charge in [-0.25, -0.2) is 4.99 Å². The number of nitrogens with zero attached hydrogens (tertiary/aromatic N) is 2. The smallest absolute Gasteiger partial charge is 0.251 e. The van der Waals surface area contributed by atoms with Gasteiger partial charge in [0.05, 0.1) is 11.6 Å². The van der Waals surface area contributed by atoms with Gasteiger partial charge in [-0.3, -0.25) is 4.79 Å². The van der Waals surface area contributed by atoms with E-state index in [2.05, 4.69) is 20.9 Å². The molecule has 0 spiro atoms. The van der Waals surface area contributed by atoms with Crippen LogP contribution < -0.4 is 16.0 Å². The molecule has 0 radical (unpaired) electrons. The minimum atomic E-state index is -0.0837. The van der Waals surface area contributed by atoms with Crippen molar-refractivity contribution in [2.45, 2.75) is 19.9 Å². The quantitative estimate of drug-likeness (QED) is 0.486. The number of hydrogen-bond donors (Lipinski definition) is 3. The average molecular weight is 410 g/mol. The first kappa shape index (κ1) is 21.1. The molecule has 0 atom stereocenters. The zero-order valence-corrected chi connectivity index (χ0v) is 17.3. The molecule has 0 bridgehead atoms. The number of carbonyl (C=O) groups is 1. The van der Waals surface area contributed by atoms with Crippen molar-refractivity contribution in [2.75, 3.05) is 20.1 Å². The summed E-state index contributed by atoms with van der Waals surface area (Å²) in [5.41, 5.74) is 2.67. The fourth-order valence-electron chi connectivity index (χ4n) is 2.58. The highest BCUT2D eigenvalue weighted by molar-refractivity contribution is 6.41. The fourth-order valence-corrected chi connectivity index (χ4v) is 3.00. The second-order valence-corrected chi connectivity index (χ2v) is 6.75. The van der Waals surface area contributed by atoms with Gasteiger partial charge >= 0.3 is 0 Å². The molecule has 1 aromatic heterocycles. The lowest BCUT2D eigenvalue weighted by atomic mass is 10.1. The Hall–Kier alpha value is -2.18. The molecule has 0 saturated carbocycles. The maximum absolute atomic E-state index is 11.7. The predicted octanol–water partition coefficient (Wildman–Crippen LogP) is 2.99. The van der Waals surface area contributed by atoms with Gasteiger partial charge in [0, 0.05) is 38.4 Å². The monoisotopic (exact) mass is 409 g/mol. The first-order valence-corrected chi connectivity index (χ1v) is 9.54. The van der Waals surface area contributed by atoms with Crippen LogP contribution in [0.4, 0.5) is 0 Å². The molecule has 0 aliphatic heterocycles. The molecule has 0 unspecified atom stereocenters. The Labute approximate surface area is 170 Å². The van der Waals surface area contributed by atoms with Crippen LogP contribution in [0.25, 0.3) is 0 Å². The minimum absolute atomic E-state index is 0.0837. The first-order chi connectivity index (χ1) is 13.0. The number of halogens is 2. The van der Waals surface area contributed by atoms with Gasteiger partial charge in [0.15, 0.2) is 5.96 Å². The zero-order valence-electron chi connectivity index (χ0n) is 15.8. The lowest BCUT2D eigenvalue weighted by Gasteiger charge is -2.12. The Kier molecular flexibility index (Phi) is 8.00. The normalized spacial score (nSPS) is 11.4. The summed E-state index contributed by atoms with van der Waals surface area (Å²) >= 11 is 12.1. The third-order valence-electron chi connectivity index (χ3n) is 4.08. The number of aromatic nitrogens is 1. The van der Waals surface area contributed by atoms with Crippen molar-refractivity contribution >= 4 is 35.1 Å². The topological polar surface area (TPSA) is 70.5 Å². The minimum Gasteiger partial charge on any atom is -0.357 e.